The van der Waals surface area contributed by atoms with Crippen LogP contribution >= 0.6 is 0 Å². The van der Waals surface area contributed by atoms with E-state index in [9.17, 15) is 14.7 Å². The van der Waals surface area contributed by atoms with Gasteiger partial charge >= 0.3 is 5.97 Å². The van der Waals surface area contributed by atoms with Gasteiger partial charge in [0.05, 0.1) is 17.7 Å². The molecule has 1 N–H and O–H groups in total. The highest BCUT2D eigenvalue weighted by molar-refractivity contribution is 5.88. The van der Waals surface area contributed by atoms with Crippen LogP contribution in [0.1, 0.15) is 46.2 Å². The molecule has 1 aliphatic rings. The van der Waals surface area contributed by atoms with Gasteiger partial charge in [-0.2, -0.15) is 0 Å². The van der Waals surface area contributed by atoms with E-state index in [4.69, 9.17) is 0 Å². The smallest absolute Gasteiger partial charge is 0.339 e. The van der Waals surface area contributed by atoms with Crippen molar-refractivity contribution < 1.29 is 14.7 Å². The van der Waals surface area contributed by atoms with Crippen LogP contribution in [0.2, 0.25) is 0 Å². The first-order chi connectivity index (χ1) is 12.0. The van der Waals surface area contributed by atoms with Crippen LogP contribution in [0.25, 0.3) is 0 Å². The van der Waals surface area contributed by atoms with Gasteiger partial charge in [-0.15, -0.1) is 0 Å². The third kappa shape index (κ3) is 3.99. The second-order valence-electron chi connectivity index (χ2n) is 6.21. The lowest BCUT2D eigenvalue weighted by atomic mass is 9.90. The number of piperidine rings is 1. The fraction of sp³-hybridized carbons (Fsp3) is 0.389. The predicted molar refractivity (Wildman–Crippen MR) is 90.2 cm³/mol. The molecule has 0 saturated carbocycles. The lowest BCUT2D eigenvalue weighted by Gasteiger charge is -2.32. The molecule has 1 saturated heterocycles. The van der Waals surface area contributed by atoms with E-state index in [2.05, 4.69) is 15.0 Å². The van der Waals surface area contributed by atoms with Crippen molar-refractivity contribution in [1.29, 1.82) is 0 Å². The number of carbonyl (C=O) groups excluding carboxylic acids is 1. The van der Waals surface area contributed by atoms with Crippen LogP contribution in [0, 0.1) is 6.92 Å². The van der Waals surface area contributed by atoms with Crippen LogP contribution in [-0.2, 0) is 11.2 Å². The van der Waals surface area contributed by atoms with Gasteiger partial charge in [-0.25, -0.2) is 14.8 Å². The molecular weight excluding hydrogens is 320 g/mol. The molecule has 7 heteroatoms. The zero-order valence-electron chi connectivity index (χ0n) is 14.1. The van der Waals surface area contributed by atoms with Crippen molar-refractivity contribution >= 4 is 11.9 Å². The van der Waals surface area contributed by atoms with E-state index >= 15 is 0 Å². The number of carboxylic acids is 1. The molecule has 1 aliphatic heterocycles. The molecule has 0 unspecified atom stereocenters. The number of hydrogen-bond donors (Lipinski definition) is 1. The fourth-order valence-corrected chi connectivity index (χ4v) is 3.15. The number of carboxylic acid groups (broad SMARTS) is 1. The molecule has 0 aromatic carbocycles. The Labute approximate surface area is 145 Å². The minimum atomic E-state index is -1.01. The highest BCUT2D eigenvalue weighted by Gasteiger charge is 2.28. The van der Waals surface area contributed by atoms with Gasteiger partial charge < -0.3 is 10.0 Å². The van der Waals surface area contributed by atoms with Crippen molar-refractivity contribution in [2.24, 2.45) is 0 Å². The van der Waals surface area contributed by atoms with Crippen molar-refractivity contribution in [3.8, 4) is 0 Å². The zero-order chi connectivity index (χ0) is 17.8. The number of carbonyl (C=O) groups is 2. The molecule has 1 amide bonds. The summed E-state index contributed by atoms with van der Waals surface area (Å²) in [5.41, 5.74) is 1.64. The van der Waals surface area contributed by atoms with Gasteiger partial charge in [0.15, 0.2) is 0 Å². The lowest BCUT2D eigenvalue weighted by Crippen LogP contribution is -2.39. The second kappa shape index (κ2) is 7.38. The number of likely N-dealkylation sites (tertiary alicyclic amines) is 1. The Bertz CT molecular complexity index is 771. The minimum absolute atomic E-state index is 0.0373. The monoisotopic (exact) mass is 340 g/mol. The van der Waals surface area contributed by atoms with Crippen molar-refractivity contribution in [2.45, 2.75) is 32.1 Å². The summed E-state index contributed by atoms with van der Waals surface area (Å²) in [5.74, 6) is -0.334. The summed E-state index contributed by atoms with van der Waals surface area (Å²) >= 11 is 0. The highest BCUT2D eigenvalue weighted by Crippen LogP contribution is 2.29. The summed E-state index contributed by atoms with van der Waals surface area (Å²) in [4.78, 5) is 38.0. The van der Waals surface area contributed by atoms with Crippen LogP contribution in [-0.4, -0.2) is 49.9 Å². The Morgan fingerprint density at radius 2 is 2.04 bits per heavy atom. The maximum Gasteiger partial charge on any atom is 0.339 e. The zero-order valence-corrected chi connectivity index (χ0v) is 14.1. The van der Waals surface area contributed by atoms with Gasteiger partial charge in [-0.1, -0.05) is 6.07 Å². The lowest BCUT2D eigenvalue weighted by molar-refractivity contribution is -0.131. The standard InChI is InChI=1S/C18H20N4O3/c1-12-20-11-15(18(24)25)17(21-12)14-4-7-22(8-5-14)16(23)9-13-3-2-6-19-10-13/h2-3,6,10-11,14H,4-5,7-9H2,1H3,(H,24,25). The molecule has 1 fully saturated rings. The third-order valence-electron chi connectivity index (χ3n) is 4.48. The average Bonchev–Trinajstić information content (AvgIpc) is 2.62. The fourth-order valence-electron chi connectivity index (χ4n) is 3.15. The largest absolute Gasteiger partial charge is 0.478 e. The van der Waals surface area contributed by atoms with Gasteiger partial charge in [0.2, 0.25) is 5.91 Å². The predicted octanol–water partition coefficient (Wildman–Crippen LogP) is 1.83. The van der Waals surface area contributed by atoms with Gasteiger partial charge in [-0.3, -0.25) is 9.78 Å². The number of aromatic carboxylic acids is 1. The maximum atomic E-state index is 12.4. The second-order valence-corrected chi connectivity index (χ2v) is 6.21. The molecule has 0 radical (unpaired) electrons. The average molecular weight is 340 g/mol. The Morgan fingerprint density at radius 3 is 2.68 bits per heavy atom. The number of nitrogens with zero attached hydrogens (tertiary/aromatic N) is 4. The van der Waals surface area contributed by atoms with E-state index in [1.165, 1.54) is 6.20 Å². The molecule has 0 atom stereocenters. The van der Waals surface area contributed by atoms with E-state index in [0.29, 0.717) is 43.9 Å². The Morgan fingerprint density at radius 1 is 1.28 bits per heavy atom. The van der Waals surface area contributed by atoms with Crippen LogP contribution < -0.4 is 0 Å². The molecule has 0 bridgehead atoms. The first-order valence-electron chi connectivity index (χ1n) is 8.28. The quantitative estimate of drug-likeness (QED) is 0.912. The Kier molecular flexibility index (Phi) is 5.02. The van der Waals surface area contributed by atoms with Crippen molar-refractivity contribution in [2.75, 3.05) is 13.1 Å². The molecule has 7 nitrogen and oxygen atoms in total. The first-order valence-corrected chi connectivity index (χ1v) is 8.28. The van der Waals surface area contributed by atoms with Crippen LogP contribution in [0.4, 0.5) is 0 Å². The van der Waals surface area contributed by atoms with Crippen LogP contribution in [0.3, 0.4) is 0 Å². The van der Waals surface area contributed by atoms with Crippen molar-refractivity contribution in [3.05, 3.63) is 53.4 Å². The summed E-state index contributed by atoms with van der Waals surface area (Å²) in [5, 5.41) is 9.34. The minimum Gasteiger partial charge on any atom is -0.478 e. The number of aryl methyl sites for hydroxylation is 1. The van der Waals surface area contributed by atoms with Crippen LogP contribution in [0.5, 0.6) is 0 Å². The number of hydrogen-bond acceptors (Lipinski definition) is 5. The topological polar surface area (TPSA) is 96.3 Å². The summed E-state index contributed by atoms with van der Waals surface area (Å²) in [6, 6.07) is 3.71. The molecule has 2 aromatic heterocycles. The summed E-state index contributed by atoms with van der Waals surface area (Å²) in [6.07, 6.45) is 6.51. The Balaban J connectivity index is 1.65. The van der Waals surface area contributed by atoms with Gasteiger partial charge in [0, 0.05) is 37.6 Å². The molecule has 2 aromatic rings. The SMILES string of the molecule is Cc1ncc(C(=O)O)c(C2CCN(C(=O)Cc3cccnc3)CC2)n1. The molecule has 0 aliphatic carbocycles. The van der Waals surface area contributed by atoms with E-state index in [1.54, 1.807) is 19.3 Å². The molecule has 0 spiro atoms. The van der Waals surface area contributed by atoms with E-state index < -0.39 is 5.97 Å². The normalized spacial score (nSPS) is 15.2. The molecule has 130 valence electrons. The molecule has 25 heavy (non-hydrogen) atoms. The van der Waals surface area contributed by atoms with Crippen LogP contribution in [0.15, 0.2) is 30.7 Å². The van der Waals surface area contributed by atoms with Gasteiger partial charge in [0.1, 0.15) is 5.82 Å². The molecule has 3 rings (SSSR count). The highest BCUT2D eigenvalue weighted by atomic mass is 16.4. The first kappa shape index (κ1) is 17.0. The number of pyridine rings is 1. The van der Waals surface area contributed by atoms with Crippen molar-refractivity contribution in [3.63, 3.8) is 0 Å². The van der Waals surface area contributed by atoms with Crippen molar-refractivity contribution in [1.82, 2.24) is 19.9 Å². The summed E-state index contributed by atoms with van der Waals surface area (Å²) in [7, 11) is 0. The van der Waals surface area contributed by atoms with E-state index in [0.717, 1.165) is 5.56 Å². The van der Waals surface area contributed by atoms with Gasteiger partial charge in [0.25, 0.3) is 0 Å². The maximum absolute atomic E-state index is 12.4. The molecule has 3 heterocycles. The number of amides is 1. The van der Waals surface area contributed by atoms with E-state index in [1.807, 2.05) is 17.0 Å². The Hall–Kier alpha value is -2.83. The number of rotatable bonds is 4. The summed E-state index contributed by atoms with van der Waals surface area (Å²) in [6.45, 7) is 2.96. The summed E-state index contributed by atoms with van der Waals surface area (Å²) < 4.78 is 0. The van der Waals surface area contributed by atoms with Gasteiger partial charge in [-0.05, 0) is 31.4 Å². The molecular formula is C18H20N4O3. The van der Waals surface area contributed by atoms with E-state index in [-0.39, 0.29) is 17.4 Å². The number of aromatic nitrogens is 3. The third-order valence-corrected chi connectivity index (χ3v) is 4.48.